The summed E-state index contributed by atoms with van der Waals surface area (Å²) in [4.78, 5) is 72.1. The third kappa shape index (κ3) is 8.97. The molecule has 15 nitrogen and oxygen atoms in total. The predicted molar refractivity (Wildman–Crippen MR) is 241 cm³/mol. The van der Waals surface area contributed by atoms with E-state index in [-0.39, 0.29) is 28.4 Å². The van der Waals surface area contributed by atoms with Crippen molar-refractivity contribution in [1.82, 2.24) is 15.2 Å². The molecule has 3 N–H and O–H groups in total. The number of hydrogen-bond donors (Lipinski definition) is 3. The largest absolute Gasteiger partial charge is 0.497 e. The highest BCUT2D eigenvalue weighted by Crippen LogP contribution is 2.44. The van der Waals surface area contributed by atoms with Gasteiger partial charge >= 0.3 is 11.9 Å². The van der Waals surface area contributed by atoms with Gasteiger partial charge in [0, 0.05) is 23.1 Å². The number of carboxylic acids is 1. The number of thioether (sulfide) groups is 1. The minimum Gasteiger partial charge on any atom is -0.497 e. The number of β-lactam (4-membered cyclic amide) rings is 1. The number of thiazole rings is 1. The lowest BCUT2D eigenvalue weighted by Crippen LogP contribution is -2.71. The first-order chi connectivity index (χ1) is 30.9. The number of hydrogen-bond acceptors (Lipinski definition) is 13. The zero-order chi connectivity index (χ0) is 45.0. The van der Waals surface area contributed by atoms with Crippen LogP contribution in [0.2, 0.25) is 0 Å². The molecule has 0 bridgehead atoms. The maximum Gasteiger partial charge on any atom is 0.355 e. The van der Waals surface area contributed by atoms with Crippen molar-refractivity contribution < 1.29 is 48.1 Å². The van der Waals surface area contributed by atoms with Gasteiger partial charge < -0.3 is 30.1 Å². The molecular formula is C47H47N6O9S2+. The molecule has 0 spiro atoms. The van der Waals surface area contributed by atoms with Crippen molar-refractivity contribution in [1.29, 1.82) is 0 Å². The van der Waals surface area contributed by atoms with E-state index < -0.39 is 52.9 Å². The van der Waals surface area contributed by atoms with Gasteiger partial charge in [0.2, 0.25) is 6.10 Å². The number of nitrogens with one attached hydrogen (secondary N) is 2. The van der Waals surface area contributed by atoms with Gasteiger partial charge in [0.15, 0.2) is 10.8 Å². The van der Waals surface area contributed by atoms with Gasteiger partial charge in [0.05, 0.1) is 21.2 Å². The SMILES string of the molecule is COc1ccc(COC(=O)C2=C([C@@H]3CC[N+](C)(C)O3)CSC3C(NC(=O)/C(=N\OC(C)C(=O)O)c4csc(NC(c5ccccc5)(c5ccccc5)c5ccccc5)n4)C(=O)N23)cc1. The molecule has 4 atom stereocenters. The van der Waals surface area contributed by atoms with Crippen LogP contribution < -0.4 is 15.4 Å². The fourth-order valence-corrected chi connectivity index (χ4v) is 10.1. The third-order valence-corrected chi connectivity index (χ3v) is 13.3. The van der Waals surface area contributed by atoms with Crippen LogP contribution in [0.4, 0.5) is 5.13 Å². The molecule has 4 heterocycles. The summed E-state index contributed by atoms with van der Waals surface area (Å²) in [5, 5.41) is 21.5. The van der Waals surface area contributed by atoms with Crippen LogP contribution in [0.3, 0.4) is 0 Å². The number of oxime groups is 1. The Morgan fingerprint density at radius 2 is 1.56 bits per heavy atom. The highest BCUT2D eigenvalue weighted by atomic mass is 32.2. The molecule has 330 valence electrons. The lowest BCUT2D eigenvalue weighted by Gasteiger charge is -2.50. The van der Waals surface area contributed by atoms with Crippen molar-refractivity contribution in [3.8, 4) is 5.75 Å². The smallest absolute Gasteiger partial charge is 0.355 e. The summed E-state index contributed by atoms with van der Waals surface area (Å²) in [5.74, 6) is -2.35. The van der Waals surface area contributed by atoms with E-state index in [0.29, 0.717) is 35.2 Å². The minimum absolute atomic E-state index is 0.0467. The summed E-state index contributed by atoms with van der Waals surface area (Å²) in [6.45, 7) is 1.94. The molecule has 0 saturated carbocycles. The standard InChI is InChI=1S/C47H46N6O9S2/c1-29(44(56)57)61-51-38(36-28-64-46(48-36)50-47(31-14-8-5-9-15-31,32-16-10-6-11-17-32)33-18-12-7-13-19-33)41(54)49-39-42(55)52-40(45(58)60-26-30-20-22-34(59-4)23-21-30)35(27-63-43(39)52)37-24-25-53(2,3)62-37/h5-23,28-29,37,39,43H,24-27H2,1-4H3,(H2-,48,49,50,54,56,57)/p+1/b51-38-/t29?,37-,39?,43?/m0/s1. The van der Waals surface area contributed by atoms with E-state index in [1.807, 2.05) is 105 Å². The number of methoxy groups -OCH3 is 1. The molecule has 2 fully saturated rings. The van der Waals surface area contributed by atoms with Crippen LogP contribution in [0.15, 0.2) is 137 Å². The topological polar surface area (TPSA) is 178 Å². The first-order valence-electron chi connectivity index (χ1n) is 20.6. The number of quaternary nitrogens is 1. The molecule has 2 amide bonds. The Labute approximate surface area is 378 Å². The number of carbonyl (C=O) groups is 4. The van der Waals surface area contributed by atoms with Gasteiger partial charge in [-0.2, -0.15) is 9.48 Å². The van der Waals surface area contributed by atoms with Crippen molar-refractivity contribution in [2.45, 2.75) is 49.1 Å². The van der Waals surface area contributed by atoms with Crippen LogP contribution in [-0.2, 0) is 45.7 Å². The molecule has 5 aromatic rings. The number of aliphatic carboxylic acids is 1. The maximum atomic E-state index is 14.3. The lowest BCUT2D eigenvalue weighted by atomic mass is 9.77. The highest BCUT2D eigenvalue weighted by Gasteiger charge is 2.56. The van der Waals surface area contributed by atoms with Crippen molar-refractivity contribution in [3.63, 3.8) is 0 Å². The molecule has 2 saturated heterocycles. The fourth-order valence-electron chi connectivity index (χ4n) is 7.91. The number of carboxylic acid groups (broad SMARTS) is 1. The molecule has 3 unspecified atom stereocenters. The van der Waals surface area contributed by atoms with Gasteiger partial charge in [-0.15, -0.1) is 23.1 Å². The Hall–Kier alpha value is -6.53. The van der Waals surface area contributed by atoms with Crippen LogP contribution in [-0.4, -0.2) is 106 Å². The average molecular weight is 904 g/mol. The number of nitrogens with zero attached hydrogens (tertiary/aromatic N) is 4. The van der Waals surface area contributed by atoms with Crippen LogP contribution in [0.25, 0.3) is 0 Å². The van der Waals surface area contributed by atoms with E-state index in [1.54, 1.807) is 36.8 Å². The number of amides is 2. The Kier molecular flexibility index (Phi) is 12.9. The van der Waals surface area contributed by atoms with Crippen LogP contribution in [0.1, 0.15) is 41.3 Å². The van der Waals surface area contributed by atoms with Crippen LogP contribution in [0.5, 0.6) is 5.75 Å². The molecule has 8 rings (SSSR count). The van der Waals surface area contributed by atoms with Gasteiger partial charge in [-0.05, 0) is 41.3 Å². The van der Waals surface area contributed by atoms with Gasteiger partial charge in [0.1, 0.15) is 53.4 Å². The van der Waals surface area contributed by atoms with Gasteiger partial charge in [0.25, 0.3) is 11.8 Å². The second-order valence-electron chi connectivity index (χ2n) is 15.9. The Morgan fingerprint density at radius 1 is 0.953 bits per heavy atom. The summed E-state index contributed by atoms with van der Waals surface area (Å²) < 4.78 is 11.3. The summed E-state index contributed by atoms with van der Waals surface area (Å²) >= 11 is 2.60. The van der Waals surface area contributed by atoms with Crippen LogP contribution >= 0.6 is 23.1 Å². The Balaban J connectivity index is 1.08. The molecule has 0 radical (unpaired) electrons. The second-order valence-corrected chi connectivity index (χ2v) is 17.8. The van der Waals surface area contributed by atoms with Crippen molar-refractivity contribution in [3.05, 3.63) is 160 Å². The summed E-state index contributed by atoms with van der Waals surface area (Å²) in [5.41, 5.74) is 3.04. The van der Waals surface area contributed by atoms with Gasteiger partial charge in [-0.25, -0.2) is 14.6 Å². The number of aromatic nitrogens is 1. The molecule has 0 aliphatic carbocycles. The first kappa shape index (κ1) is 44.1. The fraction of sp³-hybridized carbons (Fsp3) is 0.277. The zero-order valence-corrected chi connectivity index (χ0v) is 37.1. The molecule has 4 aromatic carbocycles. The Morgan fingerprint density at radius 3 is 2.11 bits per heavy atom. The van der Waals surface area contributed by atoms with Gasteiger partial charge in [-0.1, -0.05) is 108 Å². The van der Waals surface area contributed by atoms with Crippen molar-refractivity contribution in [2.24, 2.45) is 5.16 Å². The first-order valence-corrected chi connectivity index (χ1v) is 22.5. The molecule has 64 heavy (non-hydrogen) atoms. The van der Waals surface area contributed by atoms with E-state index in [0.717, 1.165) is 22.3 Å². The van der Waals surface area contributed by atoms with E-state index in [1.165, 1.54) is 34.9 Å². The number of rotatable bonds is 16. The van der Waals surface area contributed by atoms with Gasteiger partial charge in [-0.3, -0.25) is 14.5 Å². The third-order valence-electron chi connectivity index (χ3n) is 11.3. The highest BCUT2D eigenvalue weighted by molar-refractivity contribution is 8.00. The number of ether oxygens (including phenoxy) is 2. The van der Waals surface area contributed by atoms with E-state index in [9.17, 15) is 24.3 Å². The van der Waals surface area contributed by atoms with Crippen molar-refractivity contribution >= 4 is 57.7 Å². The normalized spacial score (nSPS) is 19.8. The number of carbonyl (C=O) groups excluding carboxylic acids is 3. The number of esters is 1. The van der Waals surface area contributed by atoms with Crippen molar-refractivity contribution in [2.75, 3.05) is 38.8 Å². The minimum atomic E-state index is -1.41. The van der Waals surface area contributed by atoms with E-state index in [4.69, 9.17) is 24.1 Å². The summed E-state index contributed by atoms with van der Waals surface area (Å²) in [6, 6.07) is 35.8. The number of anilines is 1. The predicted octanol–water partition coefficient (Wildman–Crippen LogP) is 5.93. The molecule has 17 heteroatoms. The Bertz CT molecular complexity index is 2470. The molecule has 1 aromatic heterocycles. The number of hydroxylamine groups is 3. The quantitative estimate of drug-likeness (QED) is 0.0266. The maximum absolute atomic E-state index is 14.3. The molecule has 3 aliphatic heterocycles. The summed E-state index contributed by atoms with van der Waals surface area (Å²) in [7, 11) is 5.42. The monoisotopic (exact) mass is 903 g/mol. The van der Waals surface area contributed by atoms with E-state index in [2.05, 4.69) is 15.8 Å². The molecular weight excluding hydrogens is 857 g/mol. The van der Waals surface area contributed by atoms with Crippen LogP contribution in [0, 0.1) is 0 Å². The number of fused-ring (bicyclic) bond motifs is 1. The molecule has 3 aliphatic rings. The number of benzene rings is 4. The summed E-state index contributed by atoms with van der Waals surface area (Å²) in [6.07, 6.45) is -1.21. The second kappa shape index (κ2) is 18.7. The average Bonchev–Trinajstić information content (AvgIpc) is 3.94. The van der Waals surface area contributed by atoms with E-state index >= 15 is 0 Å². The lowest BCUT2D eigenvalue weighted by molar-refractivity contribution is -1.06. The zero-order valence-electron chi connectivity index (χ0n) is 35.5.